The Morgan fingerprint density at radius 2 is 1.69 bits per heavy atom. The molecular weight excluding hydrogens is 462 g/mol. The molecule has 4 rings (SSSR count). The molecule has 3 aromatic rings. The van der Waals surface area contributed by atoms with Crippen molar-refractivity contribution in [1.29, 1.82) is 0 Å². The van der Waals surface area contributed by atoms with Crippen LogP contribution in [0.1, 0.15) is 28.4 Å². The number of hydrogen-bond acceptors (Lipinski definition) is 6. The highest BCUT2D eigenvalue weighted by Gasteiger charge is 2.28. The van der Waals surface area contributed by atoms with E-state index < -0.39 is 24.0 Å². The van der Waals surface area contributed by atoms with Gasteiger partial charge in [-0.1, -0.05) is 42.5 Å². The van der Waals surface area contributed by atoms with Crippen LogP contribution in [0.25, 0.3) is 0 Å². The van der Waals surface area contributed by atoms with E-state index in [2.05, 4.69) is 10.6 Å². The Labute approximate surface area is 208 Å². The quantitative estimate of drug-likeness (QED) is 0.353. The maximum atomic E-state index is 12.6. The van der Waals surface area contributed by atoms with E-state index in [4.69, 9.17) is 9.47 Å². The first-order valence-corrected chi connectivity index (χ1v) is 11.3. The van der Waals surface area contributed by atoms with E-state index in [1.54, 1.807) is 36.4 Å². The van der Waals surface area contributed by atoms with Crippen molar-refractivity contribution in [3.63, 3.8) is 0 Å². The second-order valence-electron chi connectivity index (χ2n) is 8.17. The lowest BCUT2D eigenvalue weighted by Crippen LogP contribution is -2.31. The average Bonchev–Trinajstić information content (AvgIpc) is 3.21. The summed E-state index contributed by atoms with van der Waals surface area (Å²) in [5, 5.41) is 5.15. The first-order chi connectivity index (χ1) is 17.4. The molecule has 0 aliphatic carbocycles. The van der Waals surface area contributed by atoms with Crippen molar-refractivity contribution in [3.8, 4) is 5.75 Å². The second kappa shape index (κ2) is 11.2. The molecule has 2 N–H and O–H groups in total. The van der Waals surface area contributed by atoms with E-state index in [1.165, 1.54) is 19.1 Å². The lowest BCUT2D eigenvalue weighted by Gasteiger charge is -2.15. The Morgan fingerprint density at radius 1 is 0.972 bits per heavy atom. The fraction of sp³-hybridized carbons (Fsp3) is 0.185. The van der Waals surface area contributed by atoms with Gasteiger partial charge in [0.2, 0.25) is 5.91 Å². The molecule has 1 aliphatic rings. The van der Waals surface area contributed by atoms with Crippen molar-refractivity contribution < 1.29 is 28.7 Å². The zero-order valence-corrected chi connectivity index (χ0v) is 19.6. The fourth-order valence-electron chi connectivity index (χ4n) is 3.50. The number of anilines is 1. The summed E-state index contributed by atoms with van der Waals surface area (Å²) in [7, 11) is 0. The monoisotopic (exact) mass is 487 g/mol. The Bertz CT molecular complexity index is 1240. The summed E-state index contributed by atoms with van der Waals surface area (Å²) in [6, 6.07) is 22.6. The minimum absolute atomic E-state index is 0.0346. The lowest BCUT2D eigenvalue weighted by molar-refractivity contribution is -0.125. The van der Waals surface area contributed by atoms with Crippen LogP contribution in [-0.4, -0.2) is 41.4 Å². The van der Waals surface area contributed by atoms with Crippen LogP contribution in [0.2, 0.25) is 0 Å². The third kappa shape index (κ3) is 6.26. The van der Waals surface area contributed by atoms with Gasteiger partial charge in [-0.05, 0) is 54.4 Å². The van der Waals surface area contributed by atoms with Crippen molar-refractivity contribution in [2.24, 2.45) is 0 Å². The van der Waals surface area contributed by atoms with E-state index in [0.29, 0.717) is 23.6 Å². The average molecular weight is 488 g/mol. The van der Waals surface area contributed by atoms with E-state index >= 15 is 0 Å². The summed E-state index contributed by atoms with van der Waals surface area (Å²) in [5.74, 6) is -0.864. The molecule has 4 amide bonds. The molecule has 1 aliphatic heterocycles. The zero-order valence-electron chi connectivity index (χ0n) is 19.6. The summed E-state index contributed by atoms with van der Waals surface area (Å²) < 4.78 is 11.1. The van der Waals surface area contributed by atoms with E-state index in [-0.39, 0.29) is 24.6 Å². The van der Waals surface area contributed by atoms with Gasteiger partial charge in [-0.2, -0.15) is 0 Å². The van der Waals surface area contributed by atoms with Gasteiger partial charge in [-0.3, -0.25) is 14.5 Å². The molecule has 1 fully saturated rings. The topological polar surface area (TPSA) is 114 Å². The zero-order chi connectivity index (χ0) is 25.5. The Hall–Kier alpha value is -4.66. The van der Waals surface area contributed by atoms with Crippen molar-refractivity contribution in [3.05, 3.63) is 95.6 Å². The predicted molar refractivity (Wildman–Crippen MR) is 131 cm³/mol. The predicted octanol–water partition coefficient (Wildman–Crippen LogP) is 3.50. The molecule has 1 saturated heterocycles. The number of esters is 1. The van der Waals surface area contributed by atoms with E-state index in [1.807, 2.05) is 30.3 Å². The van der Waals surface area contributed by atoms with Gasteiger partial charge in [0.05, 0.1) is 18.7 Å². The number of nitrogens with one attached hydrogen (secondary N) is 2. The maximum Gasteiger partial charge on any atom is 0.338 e. The molecular formula is C27H25N3O6. The number of ether oxygens (including phenoxy) is 2. The van der Waals surface area contributed by atoms with E-state index in [0.717, 1.165) is 10.5 Å². The van der Waals surface area contributed by atoms with Gasteiger partial charge < -0.3 is 20.1 Å². The van der Waals surface area contributed by atoms with Gasteiger partial charge in [-0.15, -0.1) is 0 Å². The van der Waals surface area contributed by atoms with Crippen LogP contribution in [0.3, 0.4) is 0 Å². The number of amides is 4. The van der Waals surface area contributed by atoms with Gasteiger partial charge in [-0.25, -0.2) is 9.59 Å². The van der Waals surface area contributed by atoms with Crippen LogP contribution in [0.5, 0.6) is 5.75 Å². The number of rotatable bonds is 9. The number of benzene rings is 3. The van der Waals surface area contributed by atoms with Crippen molar-refractivity contribution in [2.45, 2.75) is 26.2 Å². The fourth-order valence-corrected chi connectivity index (χ4v) is 3.50. The van der Waals surface area contributed by atoms with Gasteiger partial charge in [0, 0.05) is 5.69 Å². The Kier molecular flexibility index (Phi) is 7.60. The van der Waals surface area contributed by atoms with Gasteiger partial charge in [0.1, 0.15) is 12.4 Å². The first-order valence-electron chi connectivity index (χ1n) is 11.3. The molecule has 0 unspecified atom stereocenters. The highest BCUT2D eigenvalue weighted by molar-refractivity contribution is 6.02. The number of urea groups is 1. The van der Waals surface area contributed by atoms with Gasteiger partial charge >= 0.3 is 12.0 Å². The lowest BCUT2D eigenvalue weighted by atomic mass is 10.1. The maximum absolute atomic E-state index is 12.6. The van der Waals surface area contributed by atoms with Crippen LogP contribution in [0.15, 0.2) is 78.9 Å². The van der Waals surface area contributed by atoms with Gasteiger partial charge in [0.15, 0.2) is 6.10 Å². The second-order valence-corrected chi connectivity index (χ2v) is 8.17. The molecule has 36 heavy (non-hydrogen) atoms. The van der Waals surface area contributed by atoms with Crippen LogP contribution in [-0.2, 0) is 27.5 Å². The van der Waals surface area contributed by atoms with E-state index in [9.17, 15) is 19.2 Å². The number of imide groups is 1. The number of nitrogens with zero attached hydrogens (tertiary/aromatic N) is 1. The van der Waals surface area contributed by atoms with Crippen LogP contribution < -0.4 is 15.4 Å². The molecule has 0 saturated carbocycles. The molecule has 0 spiro atoms. The normalized spacial score (nSPS) is 13.6. The summed E-state index contributed by atoms with van der Waals surface area (Å²) in [4.78, 5) is 49.7. The molecule has 9 nitrogen and oxygen atoms in total. The smallest absolute Gasteiger partial charge is 0.338 e. The Balaban J connectivity index is 1.28. The number of carbonyl (C=O) groups excluding carboxylic acids is 4. The summed E-state index contributed by atoms with van der Waals surface area (Å²) in [5.41, 5.74) is 2.37. The summed E-state index contributed by atoms with van der Waals surface area (Å²) in [6.07, 6.45) is -1.05. The minimum atomic E-state index is -1.05. The van der Waals surface area contributed by atoms with Gasteiger partial charge in [0.25, 0.3) is 5.91 Å². The number of hydrogen-bond donors (Lipinski definition) is 2. The van der Waals surface area contributed by atoms with Crippen LogP contribution >= 0.6 is 0 Å². The van der Waals surface area contributed by atoms with Crippen molar-refractivity contribution in [1.82, 2.24) is 10.2 Å². The van der Waals surface area contributed by atoms with Crippen molar-refractivity contribution in [2.75, 3.05) is 11.9 Å². The highest BCUT2D eigenvalue weighted by atomic mass is 16.5. The summed E-state index contributed by atoms with van der Waals surface area (Å²) >= 11 is 0. The number of carbonyl (C=O) groups is 4. The molecule has 0 radical (unpaired) electrons. The third-order valence-electron chi connectivity index (χ3n) is 5.46. The highest BCUT2D eigenvalue weighted by Crippen LogP contribution is 2.18. The minimum Gasteiger partial charge on any atom is -0.489 e. The first kappa shape index (κ1) is 24.5. The standard InChI is InChI=1S/C27H25N3O6/c1-18(25(32)29-22-10-12-23(13-11-22)35-17-19-6-3-2-4-7-19)36-26(33)21-9-5-8-20(14-21)16-30-24(31)15-28-27(30)34/h2-14,18H,15-17H2,1H3,(H,28,34)(H,29,32)/t18-/m1/s1. The SMILES string of the molecule is C[C@@H](OC(=O)c1cccc(CN2C(=O)CNC2=O)c1)C(=O)Nc1ccc(OCc2ccccc2)cc1. The molecule has 9 heteroatoms. The molecule has 0 aromatic heterocycles. The third-order valence-corrected chi connectivity index (χ3v) is 5.46. The largest absolute Gasteiger partial charge is 0.489 e. The molecule has 184 valence electrons. The van der Waals surface area contributed by atoms with Crippen molar-refractivity contribution >= 4 is 29.5 Å². The molecule has 0 bridgehead atoms. The molecule has 1 heterocycles. The Morgan fingerprint density at radius 3 is 2.39 bits per heavy atom. The van der Waals surface area contributed by atoms with Crippen LogP contribution in [0.4, 0.5) is 10.5 Å². The molecule has 3 aromatic carbocycles. The molecule has 1 atom stereocenters. The van der Waals surface area contributed by atoms with Crippen LogP contribution in [0, 0.1) is 0 Å². The summed E-state index contributed by atoms with van der Waals surface area (Å²) in [6.45, 7) is 1.90.